The predicted molar refractivity (Wildman–Crippen MR) is 87.6 cm³/mol. The summed E-state index contributed by atoms with van der Waals surface area (Å²) in [5, 5.41) is 2.86. The number of hydrogen-bond acceptors (Lipinski definition) is 3. The average molecular weight is 317 g/mol. The van der Waals surface area contributed by atoms with E-state index in [0.717, 1.165) is 5.69 Å². The molecule has 1 N–H and O–H groups in total. The number of benzene rings is 1. The molecule has 2 aliphatic heterocycles. The van der Waals surface area contributed by atoms with Gasteiger partial charge in [-0.3, -0.25) is 9.69 Å². The maximum absolute atomic E-state index is 12.4. The van der Waals surface area contributed by atoms with Gasteiger partial charge in [0.1, 0.15) is 0 Å². The molecule has 1 atom stereocenters. The number of nitrogens with zero attached hydrogens (tertiary/aromatic N) is 2. The van der Waals surface area contributed by atoms with Crippen molar-refractivity contribution in [2.45, 2.75) is 19.3 Å². The third kappa shape index (κ3) is 3.47. The van der Waals surface area contributed by atoms with Crippen molar-refractivity contribution in [3.05, 3.63) is 29.8 Å². The molecule has 0 spiro atoms. The maximum Gasteiger partial charge on any atom is 0.321 e. The second-order valence-electron chi connectivity index (χ2n) is 6.05. The van der Waals surface area contributed by atoms with E-state index in [0.29, 0.717) is 51.7 Å². The van der Waals surface area contributed by atoms with Crippen molar-refractivity contribution in [2.75, 3.05) is 44.3 Å². The number of fused-ring (bicyclic) bond motifs is 1. The van der Waals surface area contributed by atoms with Crippen molar-refractivity contribution in [2.24, 2.45) is 0 Å². The van der Waals surface area contributed by atoms with E-state index in [1.165, 1.54) is 5.56 Å². The zero-order chi connectivity index (χ0) is 16.2. The summed E-state index contributed by atoms with van der Waals surface area (Å²) < 4.78 is 5.23. The molecule has 1 saturated heterocycles. The van der Waals surface area contributed by atoms with Crippen molar-refractivity contribution < 1.29 is 14.3 Å². The van der Waals surface area contributed by atoms with E-state index in [2.05, 4.69) is 18.3 Å². The molecule has 1 aromatic carbocycles. The van der Waals surface area contributed by atoms with Crippen LogP contribution < -0.4 is 10.2 Å². The van der Waals surface area contributed by atoms with Gasteiger partial charge in [0.25, 0.3) is 0 Å². The Morgan fingerprint density at radius 1 is 1.26 bits per heavy atom. The molecular weight excluding hydrogens is 294 g/mol. The van der Waals surface area contributed by atoms with Crippen LogP contribution in [0.3, 0.4) is 0 Å². The van der Waals surface area contributed by atoms with Crippen molar-refractivity contribution >= 4 is 17.6 Å². The number of carbonyl (C=O) groups is 2. The number of morpholine rings is 1. The second kappa shape index (κ2) is 7.00. The highest BCUT2D eigenvalue weighted by Crippen LogP contribution is 2.35. The molecule has 1 aromatic rings. The molecule has 2 heterocycles. The van der Waals surface area contributed by atoms with Gasteiger partial charge in [-0.05, 0) is 11.6 Å². The van der Waals surface area contributed by atoms with Gasteiger partial charge < -0.3 is 15.0 Å². The highest BCUT2D eigenvalue weighted by Gasteiger charge is 2.29. The van der Waals surface area contributed by atoms with Crippen LogP contribution in [-0.2, 0) is 9.53 Å². The summed E-state index contributed by atoms with van der Waals surface area (Å²) in [7, 11) is 0. The molecule has 3 rings (SSSR count). The Hall–Kier alpha value is -2.08. The molecular formula is C17H23N3O3. The average Bonchev–Trinajstić information content (AvgIpc) is 2.93. The van der Waals surface area contributed by atoms with Crippen LogP contribution in [0.2, 0.25) is 0 Å². The number of nitrogens with one attached hydrogen (secondary N) is 1. The molecule has 23 heavy (non-hydrogen) atoms. The molecule has 1 fully saturated rings. The van der Waals surface area contributed by atoms with Crippen molar-refractivity contribution in [3.8, 4) is 0 Å². The minimum Gasteiger partial charge on any atom is -0.378 e. The summed E-state index contributed by atoms with van der Waals surface area (Å²) in [5.74, 6) is 0.413. The maximum atomic E-state index is 12.4. The molecule has 0 bridgehead atoms. The van der Waals surface area contributed by atoms with E-state index < -0.39 is 0 Å². The Bertz CT molecular complexity index is 584. The SMILES string of the molecule is CC1CN(C(=O)NCCC(=O)N2CCOCC2)c2ccccc21. The highest BCUT2D eigenvalue weighted by molar-refractivity contribution is 5.94. The normalized spacial score (nSPS) is 20.3. The number of amides is 3. The van der Waals surface area contributed by atoms with Crippen molar-refractivity contribution in [1.29, 1.82) is 0 Å². The number of rotatable bonds is 3. The van der Waals surface area contributed by atoms with Crippen molar-refractivity contribution in [3.63, 3.8) is 0 Å². The van der Waals surface area contributed by atoms with Gasteiger partial charge in [-0.25, -0.2) is 4.79 Å². The van der Waals surface area contributed by atoms with Crippen LogP contribution in [0.25, 0.3) is 0 Å². The first-order valence-corrected chi connectivity index (χ1v) is 8.16. The van der Waals surface area contributed by atoms with Crippen LogP contribution in [0.15, 0.2) is 24.3 Å². The lowest BCUT2D eigenvalue weighted by Crippen LogP contribution is -2.43. The topological polar surface area (TPSA) is 61.9 Å². The predicted octanol–water partition coefficient (Wildman–Crippen LogP) is 1.57. The lowest BCUT2D eigenvalue weighted by atomic mass is 10.0. The van der Waals surface area contributed by atoms with Gasteiger partial charge >= 0.3 is 6.03 Å². The Labute approximate surface area is 136 Å². The fraction of sp³-hybridized carbons (Fsp3) is 0.529. The van der Waals surface area contributed by atoms with Gasteiger partial charge in [0.2, 0.25) is 5.91 Å². The second-order valence-corrected chi connectivity index (χ2v) is 6.05. The monoisotopic (exact) mass is 317 g/mol. The first kappa shape index (κ1) is 15.8. The third-order valence-electron chi connectivity index (χ3n) is 4.44. The van der Waals surface area contributed by atoms with Crippen LogP contribution in [-0.4, -0.2) is 56.2 Å². The molecule has 124 valence electrons. The summed E-state index contributed by atoms with van der Waals surface area (Å²) in [6.07, 6.45) is 0.330. The van der Waals surface area contributed by atoms with E-state index in [-0.39, 0.29) is 11.9 Å². The molecule has 0 radical (unpaired) electrons. The number of carbonyl (C=O) groups excluding carboxylic acids is 2. The molecule has 6 nitrogen and oxygen atoms in total. The Balaban J connectivity index is 1.49. The van der Waals surface area contributed by atoms with Gasteiger partial charge in [-0.15, -0.1) is 0 Å². The fourth-order valence-electron chi connectivity index (χ4n) is 3.16. The van der Waals surface area contributed by atoms with Crippen LogP contribution in [0, 0.1) is 0 Å². The van der Waals surface area contributed by atoms with Crippen LogP contribution in [0.4, 0.5) is 10.5 Å². The lowest BCUT2D eigenvalue weighted by Gasteiger charge is -2.27. The van der Waals surface area contributed by atoms with E-state index in [1.54, 1.807) is 9.80 Å². The largest absolute Gasteiger partial charge is 0.378 e. The van der Waals surface area contributed by atoms with E-state index >= 15 is 0 Å². The van der Waals surface area contributed by atoms with Gasteiger partial charge in [0, 0.05) is 44.2 Å². The first-order chi connectivity index (χ1) is 11.2. The molecule has 2 aliphatic rings. The Kier molecular flexibility index (Phi) is 4.81. The summed E-state index contributed by atoms with van der Waals surface area (Å²) in [6, 6.07) is 7.85. The van der Waals surface area contributed by atoms with Crippen LogP contribution in [0.5, 0.6) is 0 Å². The van der Waals surface area contributed by atoms with E-state index in [4.69, 9.17) is 4.74 Å². The summed E-state index contributed by atoms with van der Waals surface area (Å²) >= 11 is 0. The van der Waals surface area contributed by atoms with Crippen molar-refractivity contribution in [1.82, 2.24) is 10.2 Å². The Morgan fingerprint density at radius 2 is 2.00 bits per heavy atom. The van der Waals surface area contributed by atoms with E-state index in [1.807, 2.05) is 18.2 Å². The summed E-state index contributed by atoms with van der Waals surface area (Å²) in [5.41, 5.74) is 2.17. The fourth-order valence-corrected chi connectivity index (χ4v) is 3.16. The molecule has 0 aliphatic carbocycles. The Morgan fingerprint density at radius 3 is 2.78 bits per heavy atom. The van der Waals surface area contributed by atoms with Gasteiger partial charge in [-0.2, -0.15) is 0 Å². The minimum atomic E-state index is -0.128. The smallest absolute Gasteiger partial charge is 0.321 e. The summed E-state index contributed by atoms with van der Waals surface area (Å²) in [4.78, 5) is 28.0. The number of anilines is 1. The number of urea groups is 1. The van der Waals surface area contributed by atoms with Gasteiger partial charge in [0.15, 0.2) is 0 Å². The minimum absolute atomic E-state index is 0.0730. The van der Waals surface area contributed by atoms with Gasteiger partial charge in [-0.1, -0.05) is 25.1 Å². The zero-order valence-corrected chi connectivity index (χ0v) is 13.5. The molecule has 6 heteroatoms. The number of ether oxygens (including phenoxy) is 1. The molecule has 3 amide bonds. The summed E-state index contributed by atoms with van der Waals surface area (Å²) in [6.45, 7) is 5.65. The lowest BCUT2D eigenvalue weighted by molar-refractivity contribution is -0.135. The van der Waals surface area contributed by atoms with Crippen LogP contribution in [0.1, 0.15) is 24.8 Å². The highest BCUT2D eigenvalue weighted by atomic mass is 16.5. The molecule has 0 aromatic heterocycles. The molecule has 0 saturated carbocycles. The number of para-hydroxylation sites is 1. The quantitative estimate of drug-likeness (QED) is 0.920. The zero-order valence-electron chi connectivity index (χ0n) is 13.5. The van der Waals surface area contributed by atoms with Gasteiger partial charge in [0.05, 0.1) is 13.2 Å². The number of hydrogen-bond donors (Lipinski definition) is 1. The van der Waals surface area contributed by atoms with Crippen LogP contribution >= 0.6 is 0 Å². The standard InChI is InChI=1S/C17H23N3O3/c1-13-12-20(15-5-3-2-4-14(13)15)17(22)18-7-6-16(21)19-8-10-23-11-9-19/h2-5,13H,6-12H2,1H3,(H,18,22). The third-order valence-corrected chi connectivity index (χ3v) is 4.44. The van der Waals surface area contributed by atoms with E-state index in [9.17, 15) is 9.59 Å². The molecule has 1 unspecified atom stereocenters. The first-order valence-electron chi connectivity index (χ1n) is 8.16.